The molecule has 0 unspecified atom stereocenters. The highest BCUT2D eigenvalue weighted by atomic mass is 16.5. The zero-order valence-electron chi connectivity index (χ0n) is 14.8. The molecule has 1 aromatic carbocycles. The van der Waals surface area contributed by atoms with Crippen LogP contribution >= 0.6 is 0 Å². The summed E-state index contributed by atoms with van der Waals surface area (Å²) in [6, 6.07) is 6.84. The fraction of sp³-hybridized carbons (Fsp3) is 0.526. The molecule has 2 amide bonds. The third-order valence-corrected chi connectivity index (χ3v) is 4.18. The molecule has 1 aromatic rings. The number of benzene rings is 1. The van der Waals surface area contributed by atoms with Crippen molar-refractivity contribution in [3.05, 3.63) is 29.8 Å². The van der Waals surface area contributed by atoms with Crippen LogP contribution in [0.5, 0.6) is 0 Å². The van der Waals surface area contributed by atoms with Crippen LogP contribution in [0.25, 0.3) is 0 Å². The van der Waals surface area contributed by atoms with E-state index < -0.39 is 5.97 Å². The topological polar surface area (TPSA) is 75.7 Å². The number of hydrogen-bond donors (Lipinski definition) is 1. The largest absolute Gasteiger partial charge is 0.452 e. The maximum Gasteiger partial charge on any atom is 0.340 e. The third kappa shape index (κ3) is 5.59. The molecule has 1 saturated heterocycles. The first-order valence-electron chi connectivity index (χ1n) is 8.96. The van der Waals surface area contributed by atoms with Gasteiger partial charge in [0.15, 0.2) is 6.61 Å². The molecule has 1 aliphatic heterocycles. The van der Waals surface area contributed by atoms with Gasteiger partial charge < -0.3 is 15.0 Å². The minimum absolute atomic E-state index is 0.00470. The van der Waals surface area contributed by atoms with Crippen LogP contribution in [0.1, 0.15) is 55.8 Å². The van der Waals surface area contributed by atoms with Gasteiger partial charge in [0.2, 0.25) is 5.91 Å². The molecule has 0 aromatic heterocycles. The van der Waals surface area contributed by atoms with E-state index in [-0.39, 0.29) is 18.4 Å². The van der Waals surface area contributed by atoms with Crippen LogP contribution in [0.3, 0.4) is 0 Å². The summed E-state index contributed by atoms with van der Waals surface area (Å²) in [5.41, 5.74) is 0.864. The number of carbonyl (C=O) groups excluding carboxylic acids is 3. The van der Waals surface area contributed by atoms with Gasteiger partial charge in [-0.15, -0.1) is 0 Å². The van der Waals surface area contributed by atoms with Gasteiger partial charge in [-0.2, -0.15) is 0 Å². The SMILES string of the molecule is CCCCCCNC(=O)COC(=O)c1ccccc1N1CCCC1=O. The molecule has 0 bridgehead atoms. The molecule has 1 fully saturated rings. The molecule has 2 rings (SSSR count). The molecule has 6 nitrogen and oxygen atoms in total. The molecule has 1 N–H and O–H groups in total. The summed E-state index contributed by atoms with van der Waals surface area (Å²) in [6.45, 7) is 3.01. The summed E-state index contributed by atoms with van der Waals surface area (Å²) in [6.07, 6.45) is 5.56. The third-order valence-electron chi connectivity index (χ3n) is 4.18. The number of esters is 1. The maximum atomic E-state index is 12.3. The van der Waals surface area contributed by atoms with Gasteiger partial charge in [-0.05, 0) is 25.0 Å². The summed E-state index contributed by atoms with van der Waals surface area (Å²) >= 11 is 0. The second-order valence-electron chi connectivity index (χ2n) is 6.15. The van der Waals surface area contributed by atoms with E-state index in [9.17, 15) is 14.4 Å². The molecule has 0 saturated carbocycles. The normalized spacial score (nSPS) is 13.8. The van der Waals surface area contributed by atoms with Crippen molar-refractivity contribution < 1.29 is 19.1 Å². The molecular formula is C19H26N2O4. The molecule has 6 heteroatoms. The number of carbonyl (C=O) groups is 3. The van der Waals surface area contributed by atoms with E-state index in [1.165, 1.54) is 0 Å². The Labute approximate surface area is 148 Å². The lowest BCUT2D eigenvalue weighted by Gasteiger charge is -2.18. The number of ether oxygens (including phenoxy) is 1. The highest BCUT2D eigenvalue weighted by Crippen LogP contribution is 2.25. The maximum absolute atomic E-state index is 12.3. The van der Waals surface area contributed by atoms with E-state index in [1.54, 1.807) is 29.2 Å². The fourth-order valence-electron chi connectivity index (χ4n) is 2.82. The Morgan fingerprint density at radius 1 is 1.20 bits per heavy atom. The zero-order valence-corrected chi connectivity index (χ0v) is 14.8. The van der Waals surface area contributed by atoms with Crippen LogP contribution in [-0.4, -0.2) is 37.5 Å². The van der Waals surface area contributed by atoms with Gasteiger partial charge in [0.25, 0.3) is 5.91 Å². The Morgan fingerprint density at radius 2 is 2.00 bits per heavy atom. The van der Waals surface area contributed by atoms with Crippen LogP contribution in [0.15, 0.2) is 24.3 Å². The first kappa shape index (κ1) is 19.0. The Morgan fingerprint density at radius 3 is 2.72 bits per heavy atom. The van der Waals surface area contributed by atoms with Gasteiger partial charge in [0.05, 0.1) is 11.3 Å². The molecule has 1 aliphatic rings. The van der Waals surface area contributed by atoms with E-state index in [0.717, 1.165) is 32.1 Å². The predicted molar refractivity (Wildman–Crippen MR) is 95.5 cm³/mol. The molecule has 136 valence electrons. The molecule has 0 aliphatic carbocycles. The van der Waals surface area contributed by atoms with Crippen molar-refractivity contribution in [2.75, 3.05) is 24.6 Å². The first-order chi connectivity index (χ1) is 12.1. The highest BCUT2D eigenvalue weighted by Gasteiger charge is 2.26. The summed E-state index contributed by atoms with van der Waals surface area (Å²) in [7, 11) is 0. The molecular weight excluding hydrogens is 320 g/mol. The lowest BCUT2D eigenvalue weighted by molar-refractivity contribution is -0.124. The Balaban J connectivity index is 1.85. The van der Waals surface area contributed by atoms with Gasteiger partial charge in [-0.25, -0.2) is 4.79 Å². The zero-order chi connectivity index (χ0) is 18.1. The van der Waals surface area contributed by atoms with E-state index >= 15 is 0 Å². The minimum atomic E-state index is -0.587. The van der Waals surface area contributed by atoms with Gasteiger partial charge >= 0.3 is 5.97 Å². The number of unbranched alkanes of at least 4 members (excludes halogenated alkanes) is 3. The predicted octanol–water partition coefficient (Wildman–Crippen LogP) is 2.67. The van der Waals surface area contributed by atoms with Gasteiger partial charge in [-0.1, -0.05) is 38.3 Å². The number of nitrogens with one attached hydrogen (secondary N) is 1. The van der Waals surface area contributed by atoms with E-state index in [1.807, 2.05) is 0 Å². The molecule has 1 heterocycles. The number of para-hydroxylation sites is 1. The van der Waals surface area contributed by atoms with Crippen LogP contribution in [0.4, 0.5) is 5.69 Å². The Hall–Kier alpha value is -2.37. The number of hydrogen-bond acceptors (Lipinski definition) is 4. The van der Waals surface area contributed by atoms with Crippen LogP contribution in [-0.2, 0) is 14.3 Å². The number of rotatable bonds is 9. The number of anilines is 1. The van der Waals surface area contributed by atoms with Crippen molar-refractivity contribution in [2.45, 2.75) is 45.4 Å². The lowest BCUT2D eigenvalue weighted by Crippen LogP contribution is -2.30. The van der Waals surface area contributed by atoms with E-state index in [2.05, 4.69) is 12.2 Å². The second-order valence-corrected chi connectivity index (χ2v) is 6.15. The average molecular weight is 346 g/mol. The molecule has 0 radical (unpaired) electrons. The van der Waals surface area contributed by atoms with Crippen molar-refractivity contribution in [1.82, 2.24) is 5.32 Å². The fourth-order valence-corrected chi connectivity index (χ4v) is 2.82. The molecule has 25 heavy (non-hydrogen) atoms. The minimum Gasteiger partial charge on any atom is -0.452 e. The van der Waals surface area contributed by atoms with Crippen LogP contribution in [0.2, 0.25) is 0 Å². The Bertz CT molecular complexity index is 615. The van der Waals surface area contributed by atoms with Crippen LogP contribution < -0.4 is 10.2 Å². The number of amides is 2. The summed E-state index contributed by atoms with van der Waals surface area (Å²) in [5.74, 6) is -0.888. The van der Waals surface area contributed by atoms with Crippen molar-refractivity contribution in [3.8, 4) is 0 Å². The molecule has 0 atom stereocenters. The van der Waals surface area contributed by atoms with Gasteiger partial charge in [-0.3, -0.25) is 9.59 Å². The Kier molecular flexibility index (Phi) is 7.44. The van der Waals surface area contributed by atoms with Crippen LogP contribution in [0, 0.1) is 0 Å². The molecule has 0 spiro atoms. The van der Waals surface area contributed by atoms with Crippen molar-refractivity contribution in [3.63, 3.8) is 0 Å². The van der Waals surface area contributed by atoms with Gasteiger partial charge in [0, 0.05) is 19.5 Å². The van der Waals surface area contributed by atoms with E-state index in [4.69, 9.17) is 4.74 Å². The van der Waals surface area contributed by atoms with Crippen molar-refractivity contribution in [2.24, 2.45) is 0 Å². The standard InChI is InChI=1S/C19H26N2O4/c1-2-3-4-7-12-20-17(22)14-25-19(24)15-9-5-6-10-16(15)21-13-8-11-18(21)23/h5-6,9-10H,2-4,7-8,11-14H2,1H3,(H,20,22). The smallest absolute Gasteiger partial charge is 0.340 e. The highest BCUT2D eigenvalue weighted by molar-refractivity contribution is 6.03. The van der Waals surface area contributed by atoms with Gasteiger partial charge in [0.1, 0.15) is 0 Å². The quantitative estimate of drug-likeness (QED) is 0.551. The average Bonchev–Trinajstić information content (AvgIpc) is 3.05. The second kappa shape index (κ2) is 9.81. The van der Waals surface area contributed by atoms with Crippen molar-refractivity contribution >= 4 is 23.5 Å². The van der Waals surface area contributed by atoms with Crippen molar-refractivity contribution in [1.29, 1.82) is 0 Å². The summed E-state index contributed by atoms with van der Waals surface area (Å²) in [4.78, 5) is 37.6. The van der Waals surface area contributed by atoms with E-state index in [0.29, 0.717) is 30.8 Å². The first-order valence-corrected chi connectivity index (χ1v) is 8.96. The lowest BCUT2D eigenvalue weighted by atomic mass is 10.1. The summed E-state index contributed by atoms with van der Waals surface area (Å²) in [5, 5.41) is 2.74. The number of nitrogens with zero attached hydrogens (tertiary/aromatic N) is 1. The monoisotopic (exact) mass is 346 g/mol. The summed E-state index contributed by atoms with van der Waals surface area (Å²) < 4.78 is 5.11.